The van der Waals surface area contributed by atoms with Crippen LogP contribution >= 0.6 is 0 Å². The highest BCUT2D eigenvalue weighted by atomic mass is 19.4. The Morgan fingerprint density at radius 1 is 1.17 bits per heavy atom. The van der Waals surface area contributed by atoms with E-state index in [0.29, 0.717) is 44.3 Å². The first-order chi connectivity index (χ1) is 14.4. The molecule has 1 aliphatic rings. The zero-order valence-electron chi connectivity index (χ0n) is 16.6. The quantitative estimate of drug-likeness (QED) is 0.716. The van der Waals surface area contributed by atoms with Gasteiger partial charge in [-0.25, -0.2) is 0 Å². The first kappa shape index (κ1) is 21.9. The Morgan fingerprint density at radius 2 is 1.90 bits per heavy atom. The summed E-state index contributed by atoms with van der Waals surface area (Å²) in [7, 11) is 1.56. The average molecular weight is 423 g/mol. The van der Waals surface area contributed by atoms with Gasteiger partial charge >= 0.3 is 6.18 Å². The summed E-state index contributed by atoms with van der Waals surface area (Å²) >= 11 is 0. The molecular weight excluding hydrogens is 399 g/mol. The number of hydrogen-bond acceptors (Lipinski definition) is 5. The number of hydrogen-bond donors (Lipinski definition) is 2. The molecule has 0 saturated carbocycles. The van der Waals surface area contributed by atoms with Crippen LogP contribution < -0.4 is 20.3 Å². The Morgan fingerprint density at radius 3 is 2.60 bits per heavy atom. The SMILES string of the molecule is COc1ccccc1CNCC(=O)Nc1cc(C(F)(F)F)ccc1N1CCOCC1. The number of benzene rings is 2. The highest BCUT2D eigenvalue weighted by molar-refractivity contribution is 5.95. The zero-order valence-corrected chi connectivity index (χ0v) is 16.6. The van der Waals surface area contributed by atoms with Gasteiger partial charge in [0, 0.05) is 25.2 Å². The number of rotatable bonds is 7. The van der Waals surface area contributed by atoms with Crippen LogP contribution in [0.1, 0.15) is 11.1 Å². The van der Waals surface area contributed by atoms with Gasteiger partial charge in [-0.3, -0.25) is 4.79 Å². The first-order valence-electron chi connectivity index (χ1n) is 9.55. The van der Waals surface area contributed by atoms with E-state index >= 15 is 0 Å². The van der Waals surface area contributed by atoms with E-state index in [4.69, 9.17) is 9.47 Å². The number of para-hydroxylation sites is 1. The fourth-order valence-electron chi connectivity index (χ4n) is 3.25. The van der Waals surface area contributed by atoms with Crippen LogP contribution in [0.3, 0.4) is 0 Å². The minimum Gasteiger partial charge on any atom is -0.496 e. The number of alkyl halides is 3. The standard InChI is InChI=1S/C21H24F3N3O3/c1-29-19-5-3-2-4-15(19)13-25-14-20(28)26-17-12-16(21(22,23)24)6-7-18(17)27-8-10-30-11-9-27/h2-7,12,25H,8-11,13-14H2,1H3,(H,26,28). The summed E-state index contributed by atoms with van der Waals surface area (Å²) in [4.78, 5) is 14.3. The molecule has 2 aromatic carbocycles. The van der Waals surface area contributed by atoms with Crippen LogP contribution in [-0.2, 0) is 22.3 Å². The molecular formula is C21H24F3N3O3. The summed E-state index contributed by atoms with van der Waals surface area (Å²) in [6, 6.07) is 10.8. The fraction of sp³-hybridized carbons (Fsp3) is 0.381. The maximum absolute atomic E-state index is 13.2. The molecule has 3 rings (SSSR count). The second-order valence-corrected chi connectivity index (χ2v) is 6.79. The topological polar surface area (TPSA) is 62.8 Å². The fourth-order valence-corrected chi connectivity index (χ4v) is 3.25. The number of carbonyl (C=O) groups is 1. The van der Waals surface area contributed by atoms with Crippen molar-refractivity contribution in [3.63, 3.8) is 0 Å². The zero-order chi connectivity index (χ0) is 21.6. The van der Waals surface area contributed by atoms with Gasteiger partial charge < -0.3 is 25.0 Å². The molecule has 2 aromatic rings. The van der Waals surface area contributed by atoms with Crippen molar-refractivity contribution < 1.29 is 27.4 Å². The largest absolute Gasteiger partial charge is 0.496 e. The second-order valence-electron chi connectivity index (χ2n) is 6.79. The van der Waals surface area contributed by atoms with Crippen molar-refractivity contribution in [2.75, 3.05) is 50.2 Å². The van der Waals surface area contributed by atoms with E-state index < -0.39 is 17.6 Å². The maximum Gasteiger partial charge on any atom is 0.416 e. The third-order valence-electron chi connectivity index (χ3n) is 4.74. The molecule has 1 aliphatic heterocycles. The van der Waals surface area contributed by atoms with Gasteiger partial charge in [0.05, 0.1) is 43.8 Å². The average Bonchev–Trinajstić information content (AvgIpc) is 2.74. The van der Waals surface area contributed by atoms with E-state index in [1.165, 1.54) is 6.07 Å². The van der Waals surface area contributed by atoms with E-state index in [-0.39, 0.29) is 12.2 Å². The molecule has 0 aliphatic carbocycles. The second kappa shape index (κ2) is 9.82. The van der Waals surface area contributed by atoms with E-state index in [9.17, 15) is 18.0 Å². The number of halogens is 3. The van der Waals surface area contributed by atoms with Crippen molar-refractivity contribution in [2.24, 2.45) is 0 Å². The van der Waals surface area contributed by atoms with Crippen LogP contribution in [0.15, 0.2) is 42.5 Å². The summed E-state index contributed by atoms with van der Waals surface area (Å²) in [6.07, 6.45) is -4.49. The predicted octanol–water partition coefficient (Wildman–Crippen LogP) is 3.28. The Labute approximate surface area is 173 Å². The highest BCUT2D eigenvalue weighted by Gasteiger charge is 2.31. The third kappa shape index (κ3) is 5.64. The van der Waals surface area contributed by atoms with Crippen molar-refractivity contribution >= 4 is 17.3 Å². The molecule has 6 nitrogen and oxygen atoms in total. The molecule has 0 aromatic heterocycles. The summed E-state index contributed by atoms with van der Waals surface area (Å²) in [5, 5.41) is 5.61. The van der Waals surface area contributed by atoms with Crippen LogP contribution in [0.5, 0.6) is 5.75 Å². The van der Waals surface area contributed by atoms with Gasteiger partial charge in [0.15, 0.2) is 0 Å². The monoisotopic (exact) mass is 423 g/mol. The van der Waals surface area contributed by atoms with Gasteiger partial charge in [-0.05, 0) is 24.3 Å². The van der Waals surface area contributed by atoms with Gasteiger partial charge in [-0.2, -0.15) is 13.2 Å². The molecule has 30 heavy (non-hydrogen) atoms. The minimum atomic E-state index is -4.49. The van der Waals surface area contributed by atoms with E-state index in [1.807, 2.05) is 29.2 Å². The number of ether oxygens (including phenoxy) is 2. The van der Waals surface area contributed by atoms with E-state index in [2.05, 4.69) is 10.6 Å². The molecule has 2 N–H and O–H groups in total. The van der Waals surface area contributed by atoms with E-state index in [1.54, 1.807) is 7.11 Å². The predicted molar refractivity (Wildman–Crippen MR) is 108 cm³/mol. The molecule has 0 bridgehead atoms. The van der Waals surface area contributed by atoms with Gasteiger partial charge in [-0.15, -0.1) is 0 Å². The number of methoxy groups -OCH3 is 1. The Balaban J connectivity index is 1.69. The highest BCUT2D eigenvalue weighted by Crippen LogP contribution is 2.35. The van der Waals surface area contributed by atoms with E-state index in [0.717, 1.165) is 17.7 Å². The normalized spacial score (nSPS) is 14.5. The number of morpholine rings is 1. The molecule has 1 amide bonds. The first-order valence-corrected chi connectivity index (χ1v) is 9.55. The lowest BCUT2D eigenvalue weighted by molar-refractivity contribution is -0.137. The summed E-state index contributed by atoms with van der Waals surface area (Å²) in [5.41, 5.74) is 0.748. The minimum absolute atomic E-state index is 0.0587. The Kier molecular flexibility index (Phi) is 7.17. The molecule has 0 spiro atoms. The van der Waals surface area contributed by atoms with Crippen LogP contribution in [0.2, 0.25) is 0 Å². The molecule has 0 unspecified atom stereocenters. The van der Waals surface area contributed by atoms with Crippen molar-refractivity contribution in [3.05, 3.63) is 53.6 Å². The number of carbonyl (C=O) groups excluding carboxylic acids is 1. The summed E-state index contributed by atoms with van der Waals surface area (Å²) in [6.45, 7) is 2.37. The van der Waals surface area contributed by atoms with Crippen molar-refractivity contribution in [3.8, 4) is 5.75 Å². The van der Waals surface area contributed by atoms with Crippen LogP contribution in [-0.4, -0.2) is 45.9 Å². The van der Waals surface area contributed by atoms with Crippen LogP contribution in [0, 0.1) is 0 Å². The molecule has 1 fully saturated rings. The molecule has 0 radical (unpaired) electrons. The summed E-state index contributed by atoms with van der Waals surface area (Å²) < 4.78 is 50.1. The van der Waals surface area contributed by atoms with Crippen LogP contribution in [0.25, 0.3) is 0 Å². The van der Waals surface area contributed by atoms with Gasteiger partial charge in [0.2, 0.25) is 5.91 Å². The van der Waals surface area contributed by atoms with Gasteiger partial charge in [0.25, 0.3) is 0 Å². The summed E-state index contributed by atoms with van der Waals surface area (Å²) in [5.74, 6) is 0.261. The molecule has 0 atom stereocenters. The molecule has 1 saturated heterocycles. The van der Waals surface area contributed by atoms with Gasteiger partial charge in [0.1, 0.15) is 5.75 Å². The van der Waals surface area contributed by atoms with Gasteiger partial charge in [-0.1, -0.05) is 18.2 Å². The molecule has 9 heteroatoms. The number of amides is 1. The Bertz CT molecular complexity index is 868. The van der Waals surface area contributed by atoms with Crippen LogP contribution in [0.4, 0.5) is 24.5 Å². The molecule has 162 valence electrons. The number of nitrogens with zero attached hydrogens (tertiary/aromatic N) is 1. The smallest absolute Gasteiger partial charge is 0.416 e. The number of anilines is 2. The lowest BCUT2D eigenvalue weighted by Gasteiger charge is -2.31. The maximum atomic E-state index is 13.2. The van der Waals surface area contributed by atoms with Crippen molar-refractivity contribution in [1.29, 1.82) is 0 Å². The number of nitrogens with one attached hydrogen (secondary N) is 2. The van der Waals surface area contributed by atoms with Crippen molar-refractivity contribution in [2.45, 2.75) is 12.7 Å². The Hall–Kier alpha value is -2.78. The molecule has 1 heterocycles. The third-order valence-corrected chi connectivity index (χ3v) is 4.74. The van der Waals surface area contributed by atoms with Crippen molar-refractivity contribution in [1.82, 2.24) is 5.32 Å². The lowest BCUT2D eigenvalue weighted by atomic mass is 10.1. The lowest BCUT2D eigenvalue weighted by Crippen LogP contribution is -2.37.